The molecule has 2 N–H and O–H groups in total. The van der Waals surface area contributed by atoms with Crippen molar-refractivity contribution in [2.24, 2.45) is 0 Å². The number of carbonyl (C=O) groups is 1. The average Bonchev–Trinajstić information content (AvgIpc) is 2.37. The molecule has 0 saturated heterocycles. The summed E-state index contributed by atoms with van der Waals surface area (Å²) in [5.74, 6) is -0.0178. The summed E-state index contributed by atoms with van der Waals surface area (Å²) in [7, 11) is 0. The number of benzene rings is 1. The minimum atomic E-state index is -0.0178. The molecule has 0 heterocycles. The predicted octanol–water partition coefficient (Wildman–Crippen LogP) is 2.54. The molecule has 0 unspecified atom stereocenters. The van der Waals surface area contributed by atoms with Crippen molar-refractivity contribution in [2.45, 2.75) is 33.7 Å². The Bertz CT molecular complexity index is 474. The van der Waals surface area contributed by atoms with Crippen molar-refractivity contribution < 1.29 is 4.79 Å². The number of carbonyl (C=O) groups excluding carboxylic acids is 1. The van der Waals surface area contributed by atoms with Crippen LogP contribution in [-0.2, 0) is 4.79 Å². The average molecular weight is 293 g/mol. The molecular formula is C15H23N3OS. The molecule has 0 aliphatic heterocycles. The van der Waals surface area contributed by atoms with Gasteiger partial charge in [0.1, 0.15) is 0 Å². The first-order chi connectivity index (χ1) is 9.43. The third kappa shape index (κ3) is 5.17. The van der Waals surface area contributed by atoms with E-state index in [0.29, 0.717) is 11.7 Å². The SMILES string of the molecule is CCN(CC(=O)NC(C)C)C(=S)Nc1ccccc1C. The van der Waals surface area contributed by atoms with Gasteiger partial charge < -0.3 is 15.5 Å². The van der Waals surface area contributed by atoms with Crippen LogP contribution in [0.1, 0.15) is 26.3 Å². The Morgan fingerprint density at radius 1 is 1.35 bits per heavy atom. The van der Waals surface area contributed by atoms with Gasteiger partial charge in [-0.05, 0) is 51.5 Å². The predicted molar refractivity (Wildman–Crippen MR) is 87.9 cm³/mol. The molecule has 0 aliphatic carbocycles. The second-order valence-corrected chi connectivity index (χ2v) is 5.37. The van der Waals surface area contributed by atoms with Gasteiger partial charge in [0.15, 0.2) is 5.11 Å². The van der Waals surface area contributed by atoms with Crippen molar-refractivity contribution in [2.75, 3.05) is 18.4 Å². The van der Waals surface area contributed by atoms with Crippen molar-refractivity contribution in [1.82, 2.24) is 10.2 Å². The number of rotatable bonds is 5. The van der Waals surface area contributed by atoms with E-state index in [1.807, 2.05) is 56.9 Å². The summed E-state index contributed by atoms with van der Waals surface area (Å²) in [5.41, 5.74) is 2.10. The number of likely N-dealkylation sites (N-methyl/N-ethyl adjacent to an activating group) is 1. The molecule has 0 fully saturated rings. The van der Waals surface area contributed by atoms with Crippen molar-refractivity contribution in [3.63, 3.8) is 0 Å². The van der Waals surface area contributed by atoms with Crippen LogP contribution in [0.2, 0.25) is 0 Å². The molecule has 4 nitrogen and oxygen atoms in total. The highest BCUT2D eigenvalue weighted by atomic mass is 32.1. The highest BCUT2D eigenvalue weighted by molar-refractivity contribution is 7.80. The third-order valence-corrected chi connectivity index (χ3v) is 3.20. The molecule has 0 atom stereocenters. The highest BCUT2D eigenvalue weighted by Gasteiger charge is 2.13. The minimum absolute atomic E-state index is 0.0178. The fraction of sp³-hybridized carbons (Fsp3) is 0.467. The van der Waals surface area contributed by atoms with E-state index in [4.69, 9.17) is 12.2 Å². The summed E-state index contributed by atoms with van der Waals surface area (Å²) < 4.78 is 0. The molecule has 1 aromatic carbocycles. The Hall–Kier alpha value is -1.62. The Labute approximate surface area is 126 Å². The fourth-order valence-electron chi connectivity index (χ4n) is 1.78. The quantitative estimate of drug-likeness (QED) is 0.819. The lowest BCUT2D eigenvalue weighted by molar-refractivity contribution is -0.121. The van der Waals surface area contributed by atoms with Crippen LogP contribution in [0.4, 0.5) is 5.69 Å². The Morgan fingerprint density at radius 2 is 2.00 bits per heavy atom. The van der Waals surface area contributed by atoms with Crippen molar-refractivity contribution in [3.8, 4) is 0 Å². The van der Waals surface area contributed by atoms with Gasteiger partial charge in [-0.2, -0.15) is 0 Å². The number of anilines is 1. The number of aryl methyl sites for hydroxylation is 1. The fourth-order valence-corrected chi connectivity index (χ4v) is 2.08. The zero-order chi connectivity index (χ0) is 15.1. The molecular weight excluding hydrogens is 270 g/mol. The lowest BCUT2D eigenvalue weighted by Gasteiger charge is -2.24. The van der Waals surface area contributed by atoms with Crippen LogP contribution < -0.4 is 10.6 Å². The maximum atomic E-state index is 11.8. The number of thiocarbonyl (C=S) groups is 1. The Balaban J connectivity index is 2.64. The molecule has 1 aromatic rings. The van der Waals surface area contributed by atoms with Crippen molar-refractivity contribution in [3.05, 3.63) is 29.8 Å². The number of para-hydroxylation sites is 1. The highest BCUT2D eigenvalue weighted by Crippen LogP contribution is 2.13. The number of hydrogen-bond acceptors (Lipinski definition) is 2. The molecule has 110 valence electrons. The summed E-state index contributed by atoms with van der Waals surface area (Å²) in [6, 6.07) is 8.08. The van der Waals surface area contributed by atoms with Gasteiger partial charge in [0.2, 0.25) is 5.91 Å². The van der Waals surface area contributed by atoms with Gasteiger partial charge in [-0.25, -0.2) is 0 Å². The second kappa shape index (κ2) is 7.85. The topological polar surface area (TPSA) is 44.4 Å². The van der Waals surface area contributed by atoms with Crippen LogP contribution in [0.5, 0.6) is 0 Å². The maximum Gasteiger partial charge on any atom is 0.239 e. The van der Waals surface area contributed by atoms with Gasteiger partial charge in [0.25, 0.3) is 0 Å². The number of hydrogen-bond donors (Lipinski definition) is 2. The molecule has 0 radical (unpaired) electrons. The smallest absolute Gasteiger partial charge is 0.239 e. The molecule has 0 bridgehead atoms. The van der Waals surface area contributed by atoms with Gasteiger partial charge in [0.05, 0.1) is 6.54 Å². The van der Waals surface area contributed by atoms with E-state index < -0.39 is 0 Å². The van der Waals surface area contributed by atoms with Gasteiger partial charge in [-0.1, -0.05) is 18.2 Å². The first kappa shape index (κ1) is 16.4. The summed E-state index contributed by atoms with van der Waals surface area (Å²) in [4.78, 5) is 13.7. The summed E-state index contributed by atoms with van der Waals surface area (Å²) in [6.45, 7) is 8.84. The molecule has 1 rings (SSSR count). The van der Waals surface area contributed by atoms with Crippen LogP contribution in [0.15, 0.2) is 24.3 Å². The van der Waals surface area contributed by atoms with Crippen LogP contribution in [-0.4, -0.2) is 35.1 Å². The third-order valence-electron chi connectivity index (χ3n) is 2.84. The van der Waals surface area contributed by atoms with Gasteiger partial charge >= 0.3 is 0 Å². The number of nitrogens with zero attached hydrogens (tertiary/aromatic N) is 1. The molecule has 20 heavy (non-hydrogen) atoms. The monoisotopic (exact) mass is 293 g/mol. The zero-order valence-corrected chi connectivity index (χ0v) is 13.4. The van der Waals surface area contributed by atoms with E-state index in [1.54, 1.807) is 0 Å². The lowest BCUT2D eigenvalue weighted by Crippen LogP contribution is -2.44. The summed E-state index contributed by atoms with van der Waals surface area (Å²) in [6.07, 6.45) is 0. The summed E-state index contributed by atoms with van der Waals surface area (Å²) in [5, 5.41) is 6.64. The van der Waals surface area contributed by atoms with Crippen LogP contribution in [0.25, 0.3) is 0 Å². The van der Waals surface area contributed by atoms with Gasteiger partial charge in [-0.3, -0.25) is 4.79 Å². The number of amides is 1. The van der Waals surface area contributed by atoms with E-state index in [0.717, 1.165) is 11.3 Å². The van der Waals surface area contributed by atoms with E-state index in [2.05, 4.69) is 10.6 Å². The van der Waals surface area contributed by atoms with E-state index >= 15 is 0 Å². The van der Waals surface area contributed by atoms with Crippen LogP contribution in [0.3, 0.4) is 0 Å². The lowest BCUT2D eigenvalue weighted by atomic mass is 10.2. The molecule has 0 aliphatic rings. The molecule has 0 spiro atoms. The standard InChI is InChI=1S/C15H23N3OS/c1-5-18(10-14(19)16-11(2)3)15(20)17-13-9-7-6-8-12(13)4/h6-9,11H,5,10H2,1-4H3,(H,16,19)(H,17,20). The maximum absolute atomic E-state index is 11.8. The zero-order valence-electron chi connectivity index (χ0n) is 12.6. The summed E-state index contributed by atoms with van der Waals surface area (Å²) >= 11 is 5.38. The van der Waals surface area contributed by atoms with Gasteiger partial charge in [0, 0.05) is 18.3 Å². The Kier molecular flexibility index (Phi) is 6.45. The van der Waals surface area contributed by atoms with Crippen LogP contribution >= 0.6 is 12.2 Å². The molecule has 0 aromatic heterocycles. The van der Waals surface area contributed by atoms with E-state index in [1.165, 1.54) is 0 Å². The molecule has 0 saturated carbocycles. The first-order valence-electron chi connectivity index (χ1n) is 6.85. The molecule has 5 heteroatoms. The van der Waals surface area contributed by atoms with E-state index in [-0.39, 0.29) is 18.5 Å². The Morgan fingerprint density at radius 3 is 2.55 bits per heavy atom. The van der Waals surface area contributed by atoms with Crippen LogP contribution in [0, 0.1) is 6.92 Å². The first-order valence-corrected chi connectivity index (χ1v) is 7.25. The molecule has 1 amide bonds. The van der Waals surface area contributed by atoms with E-state index in [9.17, 15) is 4.79 Å². The van der Waals surface area contributed by atoms with Crippen molar-refractivity contribution in [1.29, 1.82) is 0 Å². The largest absolute Gasteiger partial charge is 0.352 e. The number of nitrogens with one attached hydrogen (secondary N) is 2. The normalized spacial score (nSPS) is 10.2. The second-order valence-electron chi connectivity index (χ2n) is 4.98. The van der Waals surface area contributed by atoms with Crippen molar-refractivity contribution >= 4 is 28.9 Å². The minimum Gasteiger partial charge on any atom is -0.352 e. The van der Waals surface area contributed by atoms with Gasteiger partial charge in [-0.15, -0.1) is 0 Å².